The molecule has 0 bridgehead atoms. The highest BCUT2D eigenvalue weighted by atomic mass is 16.5. The van der Waals surface area contributed by atoms with Crippen molar-refractivity contribution in [1.29, 1.82) is 0 Å². The first-order valence-corrected chi connectivity index (χ1v) is 24.0. The van der Waals surface area contributed by atoms with Gasteiger partial charge in [0.15, 0.2) is 0 Å². The van der Waals surface area contributed by atoms with E-state index in [1.807, 2.05) is 0 Å². The standard InChI is InChI=1S/C58H83NO2/c1-13-15-17-19-38-58(10,11)51-28-32-53(33-29-51)59(54-34-23-46(6)41-47(54)7)52-30-25-48(26-31-52)24-27-49-43-56(61-40-36-45(5)22-20-21-44(3)4)50(42-55(49)60-12)35-39-57(8,9)37-18-16-14-2/h23-35,39,41-45H,13-22,36-38,40H2,1-12H3. The van der Waals surface area contributed by atoms with Crippen LogP contribution >= 0.6 is 0 Å². The molecule has 0 aromatic heterocycles. The highest BCUT2D eigenvalue weighted by Gasteiger charge is 2.22. The number of allylic oxidation sites excluding steroid dienone is 1. The van der Waals surface area contributed by atoms with Crippen LogP contribution in [0.5, 0.6) is 11.5 Å². The second kappa shape index (κ2) is 24.4. The van der Waals surface area contributed by atoms with Gasteiger partial charge in [-0.05, 0) is 115 Å². The Morgan fingerprint density at radius 3 is 1.89 bits per heavy atom. The molecule has 0 aliphatic rings. The van der Waals surface area contributed by atoms with Gasteiger partial charge in [-0.3, -0.25) is 0 Å². The first-order valence-electron chi connectivity index (χ1n) is 24.0. The van der Waals surface area contributed by atoms with Crippen LogP contribution < -0.4 is 14.4 Å². The average Bonchev–Trinajstić information content (AvgIpc) is 3.22. The van der Waals surface area contributed by atoms with Gasteiger partial charge < -0.3 is 14.4 Å². The lowest BCUT2D eigenvalue weighted by Gasteiger charge is -2.29. The molecule has 61 heavy (non-hydrogen) atoms. The molecule has 4 aromatic carbocycles. The molecule has 3 nitrogen and oxygen atoms in total. The Balaban J connectivity index is 1.62. The number of anilines is 3. The number of hydrogen-bond acceptors (Lipinski definition) is 3. The largest absolute Gasteiger partial charge is 0.496 e. The summed E-state index contributed by atoms with van der Waals surface area (Å²) in [5, 5.41) is 0. The van der Waals surface area contributed by atoms with Crippen LogP contribution in [0.4, 0.5) is 17.1 Å². The van der Waals surface area contributed by atoms with Crippen molar-refractivity contribution in [2.75, 3.05) is 18.6 Å². The third-order valence-corrected chi connectivity index (χ3v) is 12.6. The predicted octanol–water partition coefficient (Wildman–Crippen LogP) is 18.1. The van der Waals surface area contributed by atoms with E-state index in [0.717, 1.165) is 46.2 Å². The first kappa shape index (κ1) is 49.4. The van der Waals surface area contributed by atoms with E-state index in [4.69, 9.17) is 9.47 Å². The second-order valence-electron chi connectivity index (χ2n) is 19.8. The third-order valence-electron chi connectivity index (χ3n) is 12.6. The van der Waals surface area contributed by atoms with E-state index >= 15 is 0 Å². The molecular weight excluding hydrogens is 743 g/mol. The van der Waals surface area contributed by atoms with Gasteiger partial charge in [-0.1, -0.05) is 193 Å². The summed E-state index contributed by atoms with van der Waals surface area (Å²) in [5.74, 6) is 3.16. The molecule has 3 heteroatoms. The van der Waals surface area contributed by atoms with Gasteiger partial charge in [0.2, 0.25) is 0 Å². The van der Waals surface area contributed by atoms with E-state index in [2.05, 4.69) is 184 Å². The molecule has 0 saturated carbocycles. The zero-order valence-corrected chi connectivity index (χ0v) is 40.6. The molecule has 0 N–H and O–H groups in total. The summed E-state index contributed by atoms with van der Waals surface area (Å²) in [6.45, 7) is 26.1. The monoisotopic (exact) mass is 826 g/mol. The van der Waals surface area contributed by atoms with Crippen molar-refractivity contribution in [3.8, 4) is 11.5 Å². The molecule has 4 rings (SSSR count). The first-order chi connectivity index (χ1) is 29.2. The van der Waals surface area contributed by atoms with E-state index in [1.54, 1.807) is 7.11 Å². The summed E-state index contributed by atoms with van der Waals surface area (Å²) in [7, 11) is 1.77. The van der Waals surface area contributed by atoms with E-state index in [0.29, 0.717) is 12.5 Å². The summed E-state index contributed by atoms with van der Waals surface area (Å²) in [6, 6.07) is 29.3. The summed E-state index contributed by atoms with van der Waals surface area (Å²) in [6.07, 6.45) is 25.2. The lowest BCUT2D eigenvalue weighted by Crippen LogP contribution is -2.17. The third kappa shape index (κ3) is 15.9. The number of unbranched alkanes of at least 4 members (excludes halogenated alkanes) is 5. The van der Waals surface area contributed by atoms with E-state index < -0.39 is 0 Å². The van der Waals surface area contributed by atoms with Gasteiger partial charge in [0, 0.05) is 28.2 Å². The summed E-state index contributed by atoms with van der Waals surface area (Å²) < 4.78 is 12.7. The van der Waals surface area contributed by atoms with Crippen molar-refractivity contribution in [2.24, 2.45) is 17.3 Å². The Kier molecular flexibility index (Phi) is 19.8. The number of hydrogen-bond donors (Lipinski definition) is 0. The van der Waals surface area contributed by atoms with Gasteiger partial charge in [-0.25, -0.2) is 0 Å². The number of rotatable bonds is 26. The normalized spacial score (nSPS) is 12.8. The zero-order chi connectivity index (χ0) is 44.4. The average molecular weight is 826 g/mol. The minimum absolute atomic E-state index is 0.108. The molecule has 1 atom stereocenters. The Bertz CT molecular complexity index is 1950. The van der Waals surface area contributed by atoms with Crippen LogP contribution in [-0.2, 0) is 5.41 Å². The predicted molar refractivity (Wildman–Crippen MR) is 269 cm³/mol. The van der Waals surface area contributed by atoms with Gasteiger partial charge in [-0.2, -0.15) is 0 Å². The Hall–Kier alpha value is -4.24. The minimum Gasteiger partial charge on any atom is -0.496 e. The van der Waals surface area contributed by atoms with Crippen LogP contribution in [0.1, 0.15) is 179 Å². The molecule has 0 spiro atoms. The van der Waals surface area contributed by atoms with Gasteiger partial charge in [-0.15, -0.1) is 0 Å². The van der Waals surface area contributed by atoms with Crippen LogP contribution in [0.2, 0.25) is 0 Å². The summed E-state index contributed by atoms with van der Waals surface area (Å²) in [4.78, 5) is 2.40. The fourth-order valence-electron chi connectivity index (χ4n) is 8.38. The van der Waals surface area contributed by atoms with E-state index in [9.17, 15) is 0 Å². The quantitative estimate of drug-likeness (QED) is 0.0465. The second-order valence-corrected chi connectivity index (χ2v) is 19.8. The van der Waals surface area contributed by atoms with Crippen molar-refractivity contribution in [3.63, 3.8) is 0 Å². The van der Waals surface area contributed by atoms with Crippen molar-refractivity contribution in [1.82, 2.24) is 0 Å². The SMILES string of the molecule is CCCCCCC(C)(C)c1ccc(N(c2ccc(C=Cc3cc(OCCC(C)CCCC(C)C)c(C=CC(C)(C)CCCCC)cc3OC)cc2)c2ccc(C)cc2C)cc1. The molecule has 4 aromatic rings. The molecule has 1 unspecified atom stereocenters. The number of aryl methyl sites for hydroxylation is 2. The zero-order valence-electron chi connectivity index (χ0n) is 40.6. The highest BCUT2D eigenvalue weighted by molar-refractivity contribution is 5.81. The van der Waals surface area contributed by atoms with E-state index in [1.165, 1.54) is 105 Å². The summed E-state index contributed by atoms with van der Waals surface area (Å²) in [5.41, 5.74) is 10.9. The maximum absolute atomic E-state index is 6.64. The molecule has 0 aliphatic carbocycles. The molecule has 0 heterocycles. The molecule has 0 saturated heterocycles. The lowest BCUT2D eigenvalue weighted by atomic mass is 9.80. The molecule has 0 amide bonds. The number of benzene rings is 4. The maximum atomic E-state index is 6.64. The lowest BCUT2D eigenvalue weighted by molar-refractivity contribution is 0.275. The topological polar surface area (TPSA) is 21.7 Å². The van der Waals surface area contributed by atoms with Crippen LogP contribution in [0.3, 0.4) is 0 Å². The molecule has 0 aliphatic heterocycles. The van der Waals surface area contributed by atoms with Crippen LogP contribution in [0.25, 0.3) is 18.2 Å². The number of methoxy groups -OCH3 is 1. The van der Waals surface area contributed by atoms with Crippen molar-refractivity contribution in [2.45, 2.75) is 165 Å². The maximum Gasteiger partial charge on any atom is 0.127 e. The molecule has 0 radical (unpaired) electrons. The molecule has 332 valence electrons. The van der Waals surface area contributed by atoms with Crippen molar-refractivity contribution in [3.05, 3.63) is 118 Å². The van der Waals surface area contributed by atoms with E-state index in [-0.39, 0.29) is 10.8 Å². The van der Waals surface area contributed by atoms with Gasteiger partial charge in [0.1, 0.15) is 11.5 Å². The van der Waals surface area contributed by atoms with Crippen LogP contribution in [0.15, 0.2) is 84.9 Å². The van der Waals surface area contributed by atoms with Crippen molar-refractivity contribution >= 4 is 35.3 Å². The van der Waals surface area contributed by atoms with Gasteiger partial charge in [0.05, 0.1) is 13.7 Å². The van der Waals surface area contributed by atoms with Gasteiger partial charge in [0.25, 0.3) is 0 Å². The minimum atomic E-state index is 0.108. The molecular formula is C58H83NO2. The van der Waals surface area contributed by atoms with Gasteiger partial charge >= 0.3 is 0 Å². The fourth-order valence-corrected chi connectivity index (χ4v) is 8.38. The molecule has 0 fully saturated rings. The summed E-state index contributed by atoms with van der Waals surface area (Å²) >= 11 is 0. The Morgan fingerprint density at radius 2 is 1.25 bits per heavy atom. The fraction of sp³-hybridized carbons (Fsp3) is 0.517. The Labute approximate surface area is 374 Å². The Morgan fingerprint density at radius 1 is 0.623 bits per heavy atom. The van der Waals surface area contributed by atoms with Crippen LogP contribution in [0, 0.1) is 31.1 Å². The number of nitrogens with zero attached hydrogens (tertiary/aromatic N) is 1. The van der Waals surface area contributed by atoms with Crippen LogP contribution in [-0.4, -0.2) is 13.7 Å². The highest BCUT2D eigenvalue weighted by Crippen LogP contribution is 2.39. The number of ether oxygens (including phenoxy) is 2. The van der Waals surface area contributed by atoms with Crippen molar-refractivity contribution < 1.29 is 9.47 Å². The smallest absolute Gasteiger partial charge is 0.127 e.